The molecule has 5 heteroatoms. The number of benzene rings is 2. The number of hydrogen-bond acceptors (Lipinski definition) is 3. The van der Waals surface area contributed by atoms with Crippen LogP contribution in [0.4, 0.5) is 4.79 Å². The van der Waals surface area contributed by atoms with Crippen molar-refractivity contribution in [1.82, 2.24) is 4.90 Å². The minimum absolute atomic E-state index is 0.0147. The average Bonchev–Trinajstić information content (AvgIpc) is 2.64. The molecule has 2 aromatic rings. The molecule has 1 N–H and O–H groups in total. The number of amides is 1. The molecule has 1 unspecified atom stereocenters. The second kappa shape index (κ2) is 9.61. The Balaban J connectivity index is 2.17. The van der Waals surface area contributed by atoms with Crippen molar-refractivity contribution in [2.24, 2.45) is 5.92 Å². The molecule has 0 fully saturated rings. The number of ether oxygens (including phenoxy) is 1. The first-order chi connectivity index (χ1) is 12.5. The van der Waals surface area contributed by atoms with Gasteiger partial charge in [0.2, 0.25) is 0 Å². The van der Waals surface area contributed by atoms with E-state index in [2.05, 4.69) is 0 Å². The van der Waals surface area contributed by atoms with Crippen molar-refractivity contribution in [2.45, 2.75) is 39.5 Å². The molecule has 0 bridgehead atoms. The lowest BCUT2D eigenvalue weighted by atomic mass is 9.98. The number of hydrogen-bond donors (Lipinski definition) is 1. The molecule has 0 aromatic heterocycles. The van der Waals surface area contributed by atoms with Crippen molar-refractivity contribution < 1.29 is 19.4 Å². The highest BCUT2D eigenvalue weighted by Gasteiger charge is 2.29. The van der Waals surface area contributed by atoms with Crippen LogP contribution in [0.1, 0.15) is 31.4 Å². The van der Waals surface area contributed by atoms with Crippen LogP contribution >= 0.6 is 0 Å². The van der Waals surface area contributed by atoms with Gasteiger partial charge in [0.25, 0.3) is 0 Å². The predicted molar refractivity (Wildman–Crippen MR) is 99.5 cm³/mol. The fourth-order valence-corrected chi connectivity index (χ4v) is 2.78. The smallest absolute Gasteiger partial charge is 0.410 e. The van der Waals surface area contributed by atoms with Crippen LogP contribution in [-0.2, 0) is 22.7 Å². The van der Waals surface area contributed by atoms with E-state index in [0.717, 1.165) is 11.1 Å². The molecule has 0 radical (unpaired) electrons. The summed E-state index contributed by atoms with van der Waals surface area (Å²) < 4.78 is 5.47. The number of rotatable bonds is 8. The van der Waals surface area contributed by atoms with Crippen LogP contribution in [0.2, 0.25) is 0 Å². The summed E-state index contributed by atoms with van der Waals surface area (Å²) in [6, 6.07) is 18.5. The minimum atomic E-state index is -0.933. The summed E-state index contributed by atoms with van der Waals surface area (Å²) in [5.74, 6) is -0.947. The Morgan fingerprint density at radius 3 is 2.00 bits per heavy atom. The largest absolute Gasteiger partial charge is 0.481 e. The first-order valence-corrected chi connectivity index (χ1v) is 8.70. The topological polar surface area (TPSA) is 66.8 Å². The number of carboxylic acid groups (broad SMARTS) is 1. The molecule has 0 aliphatic heterocycles. The van der Waals surface area contributed by atoms with Gasteiger partial charge in [-0.3, -0.25) is 4.79 Å². The molecule has 1 atom stereocenters. The van der Waals surface area contributed by atoms with E-state index in [4.69, 9.17) is 4.74 Å². The zero-order valence-corrected chi connectivity index (χ0v) is 15.2. The molecule has 2 aromatic carbocycles. The van der Waals surface area contributed by atoms with Crippen LogP contribution in [-0.4, -0.2) is 28.1 Å². The normalized spacial score (nSPS) is 11.8. The zero-order chi connectivity index (χ0) is 18.9. The van der Waals surface area contributed by atoms with E-state index in [0.29, 0.717) is 6.54 Å². The maximum atomic E-state index is 12.8. The highest BCUT2D eigenvalue weighted by Crippen LogP contribution is 2.20. The van der Waals surface area contributed by atoms with E-state index in [-0.39, 0.29) is 18.9 Å². The molecule has 1 amide bonds. The van der Waals surface area contributed by atoms with Crippen molar-refractivity contribution in [1.29, 1.82) is 0 Å². The Labute approximate surface area is 154 Å². The standard InChI is InChI=1S/C21H25NO4/c1-16(2)19(13-20(23)24)22(14-17-9-5-3-6-10-17)21(25)26-15-18-11-7-4-8-12-18/h3-12,16,19H,13-15H2,1-2H3,(H,23,24). The van der Waals surface area contributed by atoms with Crippen molar-refractivity contribution in [3.8, 4) is 0 Å². The monoisotopic (exact) mass is 355 g/mol. The van der Waals surface area contributed by atoms with Gasteiger partial charge in [0, 0.05) is 12.6 Å². The van der Waals surface area contributed by atoms with E-state index in [1.165, 1.54) is 4.90 Å². The van der Waals surface area contributed by atoms with Gasteiger partial charge in [0.1, 0.15) is 6.61 Å². The minimum Gasteiger partial charge on any atom is -0.481 e. The van der Waals surface area contributed by atoms with Crippen molar-refractivity contribution in [3.05, 3.63) is 71.8 Å². The maximum absolute atomic E-state index is 12.8. The zero-order valence-electron chi connectivity index (χ0n) is 15.2. The third-order valence-electron chi connectivity index (χ3n) is 4.19. The van der Waals surface area contributed by atoms with Crippen molar-refractivity contribution in [3.63, 3.8) is 0 Å². The SMILES string of the molecule is CC(C)C(CC(=O)O)N(Cc1ccccc1)C(=O)OCc1ccccc1. The molecule has 0 saturated heterocycles. The molecule has 2 rings (SSSR count). The Bertz CT molecular complexity index is 700. The first-order valence-electron chi connectivity index (χ1n) is 8.70. The quantitative estimate of drug-likeness (QED) is 0.765. The molecule has 0 spiro atoms. The van der Waals surface area contributed by atoms with Gasteiger partial charge in [-0.25, -0.2) is 4.79 Å². The fraction of sp³-hybridized carbons (Fsp3) is 0.333. The molecular weight excluding hydrogens is 330 g/mol. The Morgan fingerprint density at radius 2 is 1.50 bits per heavy atom. The molecule has 0 saturated carbocycles. The predicted octanol–water partition coefficient (Wildman–Crippen LogP) is 4.32. The van der Waals surface area contributed by atoms with Crippen LogP contribution in [0.25, 0.3) is 0 Å². The lowest BCUT2D eigenvalue weighted by molar-refractivity contribution is -0.138. The van der Waals surface area contributed by atoms with Crippen molar-refractivity contribution in [2.75, 3.05) is 0 Å². The number of carbonyl (C=O) groups is 2. The van der Waals surface area contributed by atoms with Crippen LogP contribution in [0, 0.1) is 5.92 Å². The molecule has 138 valence electrons. The van der Waals surface area contributed by atoms with E-state index in [1.54, 1.807) is 0 Å². The molecule has 0 aliphatic carbocycles. The third-order valence-corrected chi connectivity index (χ3v) is 4.19. The maximum Gasteiger partial charge on any atom is 0.410 e. The van der Waals surface area contributed by atoms with Crippen molar-refractivity contribution >= 4 is 12.1 Å². The van der Waals surface area contributed by atoms with E-state index in [1.807, 2.05) is 74.5 Å². The lowest BCUT2D eigenvalue weighted by Gasteiger charge is -2.33. The molecular formula is C21H25NO4. The first kappa shape index (κ1) is 19.5. The number of carboxylic acids is 1. The Morgan fingerprint density at radius 1 is 0.962 bits per heavy atom. The summed E-state index contributed by atoms with van der Waals surface area (Å²) >= 11 is 0. The summed E-state index contributed by atoms with van der Waals surface area (Å²) in [5, 5.41) is 9.26. The van der Waals surface area contributed by atoms with E-state index < -0.39 is 18.1 Å². The van der Waals surface area contributed by atoms with E-state index >= 15 is 0 Å². The van der Waals surface area contributed by atoms with Crippen LogP contribution < -0.4 is 0 Å². The van der Waals surface area contributed by atoms with Crippen LogP contribution in [0.5, 0.6) is 0 Å². The van der Waals surface area contributed by atoms with Gasteiger partial charge in [-0.2, -0.15) is 0 Å². The average molecular weight is 355 g/mol. The summed E-state index contributed by atoms with van der Waals surface area (Å²) in [6.45, 7) is 4.29. The van der Waals surface area contributed by atoms with E-state index in [9.17, 15) is 14.7 Å². The lowest BCUT2D eigenvalue weighted by Crippen LogP contribution is -2.44. The van der Waals surface area contributed by atoms with Gasteiger partial charge in [0.05, 0.1) is 6.42 Å². The summed E-state index contributed by atoms with van der Waals surface area (Å²) in [7, 11) is 0. The van der Waals surface area contributed by atoms with Gasteiger partial charge in [-0.05, 0) is 17.0 Å². The molecule has 5 nitrogen and oxygen atoms in total. The van der Waals surface area contributed by atoms with Crippen LogP contribution in [0.3, 0.4) is 0 Å². The highest BCUT2D eigenvalue weighted by atomic mass is 16.6. The summed E-state index contributed by atoms with van der Waals surface area (Å²) in [6.07, 6.45) is -0.622. The van der Waals surface area contributed by atoms with Gasteiger partial charge in [0.15, 0.2) is 0 Å². The number of aliphatic carboxylic acids is 1. The molecule has 26 heavy (non-hydrogen) atoms. The van der Waals surface area contributed by atoms with Gasteiger partial charge in [-0.15, -0.1) is 0 Å². The Hall–Kier alpha value is -2.82. The second-order valence-electron chi connectivity index (χ2n) is 6.56. The summed E-state index contributed by atoms with van der Waals surface area (Å²) in [5.41, 5.74) is 1.82. The Kier molecular flexibility index (Phi) is 7.21. The number of nitrogens with zero attached hydrogens (tertiary/aromatic N) is 1. The molecule has 0 aliphatic rings. The van der Waals surface area contributed by atoms with Gasteiger partial charge >= 0.3 is 12.1 Å². The third kappa shape index (κ3) is 5.92. The fourth-order valence-electron chi connectivity index (χ4n) is 2.78. The highest BCUT2D eigenvalue weighted by molar-refractivity contribution is 5.71. The summed E-state index contributed by atoms with van der Waals surface area (Å²) in [4.78, 5) is 25.6. The van der Waals surface area contributed by atoms with Gasteiger partial charge < -0.3 is 14.7 Å². The number of carbonyl (C=O) groups excluding carboxylic acids is 1. The second-order valence-corrected chi connectivity index (χ2v) is 6.56. The van der Waals surface area contributed by atoms with Gasteiger partial charge in [-0.1, -0.05) is 74.5 Å². The van der Waals surface area contributed by atoms with Crippen LogP contribution in [0.15, 0.2) is 60.7 Å². The molecule has 0 heterocycles.